The summed E-state index contributed by atoms with van der Waals surface area (Å²) in [4.78, 5) is 38.7. The highest BCUT2D eigenvalue weighted by Gasteiger charge is 2.28. The van der Waals surface area contributed by atoms with Gasteiger partial charge in [-0.05, 0) is 43.4 Å². The van der Waals surface area contributed by atoms with Gasteiger partial charge in [0.25, 0.3) is 11.8 Å². The summed E-state index contributed by atoms with van der Waals surface area (Å²) in [6.45, 7) is 4.62. The van der Waals surface area contributed by atoms with Crippen LogP contribution in [0.15, 0.2) is 18.2 Å². The summed E-state index contributed by atoms with van der Waals surface area (Å²) in [5, 5.41) is 3.23. The molecule has 1 aliphatic heterocycles. The second-order valence-electron chi connectivity index (χ2n) is 6.87. The average molecular weight is 415 g/mol. The molecule has 0 bridgehead atoms. The summed E-state index contributed by atoms with van der Waals surface area (Å²) in [6.07, 6.45) is 3.04. The number of piperidine rings is 1. The van der Waals surface area contributed by atoms with E-state index in [1.807, 2.05) is 0 Å². The van der Waals surface area contributed by atoms with Gasteiger partial charge in [-0.15, -0.1) is 0 Å². The lowest BCUT2D eigenvalue weighted by Crippen LogP contribution is -2.46. The van der Waals surface area contributed by atoms with Crippen LogP contribution in [-0.2, 0) is 14.3 Å². The van der Waals surface area contributed by atoms with E-state index in [-0.39, 0.29) is 29.0 Å². The summed E-state index contributed by atoms with van der Waals surface area (Å²) in [5.41, 5.74) is 0.212. The quantitative estimate of drug-likeness (QED) is 0.724. The molecule has 2 amide bonds. The highest BCUT2D eigenvalue weighted by Crippen LogP contribution is 2.21. The monoisotopic (exact) mass is 414 g/mol. The summed E-state index contributed by atoms with van der Waals surface area (Å²) >= 11 is 11.9. The van der Waals surface area contributed by atoms with Gasteiger partial charge in [0.1, 0.15) is 6.04 Å². The molecule has 1 aliphatic rings. The van der Waals surface area contributed by atoms with E-state index in [0.717, 1.165) is 19.3 Å². The first-order valence-corrected chi connectivity index (χ1v) is 9.75. The molecule has 1 fully saturated rings. The Labute approximate surface area is 169 Å². The molecule has 1 aromatic rings. The molecule has 6 nitrogen and oxygen atoms in total. The molecule has 0 spiro atoms. The fraction of sp³-hybridized carbons (Fsp3) is 0.526. The van der Waals surface area contributed by atoms with E-state index in [1.165, 1.54) is 12.1 Å². The van der Waals surface area contributed by atoms with Crippen molar-refractivity contribution in [3.05, 3.63) is 33.8 Å². The Hall–Kier alpha value is -1.79. The number of amides is 2. The number of halogens is 2. The normalized spacial score (nSPS) is 15.4. The lowest BCUT2D eigenvalue weighted by Gasteiger charge is -2.27. The first kappa shape index (κ1) is 21.5. The van der Waals surface area contributed by atoms with Crippen LogP contribution < -0.4 is 5.32 Å². The van der Waals surface area contributed by atoms with Crippen molar-refractivity contribution in [3.63, 3.8) is 0 Å². The zero-order valence-electron chi connectivity index (χ0n) is 15.5. The van der Waals surface area contributed by atoms with Crippen LogP contribution in [0.4, 0.5) is 0 Å². The van der Waals surface area contributed by atoms with E-state index in [4.69, 9.17) is 27.9 Å². The molecular formula is C19H24Cl2N2O4. The van der Waals surface area contributed by atoms with Gasteiger partial charge in [-0.25, -0.2) is 4.79 Å². The van der Waals surface area contributed by atoms with Gasteiger partial charge in [0.15, 0.2) is 6.61 Å². The molecule has 148 valence electrons. The van der Waals surface area contributed by atoms with Crippen LogP contribution in [0.25, 0.3) is 0 Å². The molecule has 27 heavy (non-hydrogen) atoms. The highest BCUT2D eigenvalue weighted by molar-refractivity contribution is 6.36. The van der Waals surface area contributed by atoms with Crippen molar-refractivity contribution in [3.8, 4) is 0 Å². The molecule has 2 rings (SSSR count). The second-order valence-corrected chi connectivity index (χ2v) is 7.71. The fourth-order valence-corrected chi connectivity index (χ4v) is 3.34. The predicted octanol–water partition coefficient (Wildman–Crippen LogP) is 3.30. The number of hydrogen-bond acceptors (Lipinski definition) is 4. The van der Waals surface area contributed by atoms with E-state index in [1.54, 1.807) is 24.8 Å². The number of hydrogen-bond donors (Lipinski definition) is 1. The number of ether oxygens (including phenoxy) is 1. The van der Waals surface area contributed by atoms with Crippen LogP contribution in [0, 0.1) is 5.92 Å². The van der Waals surface area contributed by atoms with E-state index >= 15 is 0 Å². The van der Waals surface area contributed by atoms with Gasteiger partial charge in [-0.1, -0.05) is 37.0 Å². The third kappa shape index (κ3) is 6.11. The lowest BCUT2D eigenvalue weighted by atomic mass is 10.0. The van der Waals surface area contributed by atoms with Crippen LogP contribution >= 0.6 is 23.2 Å². The number of benzene rings is 1. The van der Waals surface area contributed by atoms with Crippen molar-refractivity contribution in [2.45, 2.75) is 39.2 Å². The number of carbonyl (C=O) groups excluding carboxylic acids is 3. The van der Waals surface area contributed by atoms with Crippen molar-refractivity contribution in [1.82, 2.24) is 10.2 Å². The molecule has 0 saturated carbocycles. The maximum absolute atomic E-state index is 12.5. The van der Waals surface area contributed by atoms with Crippen molar-refractivity contribution in [1.29, 1.82) is 0 Å². The molecule has 1 atom stereocenters. The predicted molar refractivity (Wildman–Crippen MR) is 104 cm³/mol. The molecular weight excluding hydrogens is 391 g/mol. The van der Waals surface area contributed by atoms with E-state index in [9.17, 15) is 14.4 Å². The van der Waals surface area contributed by atoms with Gasteiger partial charge in [0.05, 0.1) is 10.6 Å². The van der Waals surface area contributed by atoms with E-state index in [2.05, 4.69) is 5.32 Å². The van der Waals surface area contributed by atoms with Gasteiger partial charge in [0.2, 0.25) is 0 Å². The lowest BCUT2D eigenvalue weighted by molar-refractivity contribution is -0.154. The molecule has 1 heterocycles. The van der Waals surface area contributed by atoms with Crippen molar-refractivity contribution < 1.29 is 19.1 Å². The first-order valence-electron chi connectivity index (χ1n) is 9.00. The van der Waals surface area contributed by atoms with Crippen LogP contribution in [0.5, 0.6) is 0 Å². The zero-order chi connectivity index (χ0) is 20.0. The Morgan fingerprint density at radius 1 is 1.15 bits per heavy atom. The van der Waals surface area contributed by atoms with Crippen LogP contribution in [-0.4, -0.2) is 48.4 Å². The molecule has 8 heteroatoms. The van der Waals surface area contributed by atoms with E-state index in [0.29, 0.717) is 18.1 Å². The largest absolute Gasteiger partial charge is 0.454 e. The fourth-order valence-electron chi connectivity index (χ4n) is 2.85. The minimum Gasteiger partial charge on any atom is -0.454 e. The number of nitrogens with zero attached hydrogens (tertiary/aromatic N) is 1. The average Bonchev–Trinajstić information content (AvgIpc) is 2.64. The molecule has 0 aliphatic carbocycles. The molecule has 0 radical (unpaired) electrons. The SMILES string of the molecule is CC(C)[C@H](NC(=O)c1ccc(Cl)cc1Cl)C(=O)OCC(=O)N1CCCCC1. The molecule has 1 N–H and O–H groups in total. The van der Waals surface area contributed by atoms with Crippen LogP contribution in [0.2, 0.25) is 10.0 Å². The van der Waals surface area contributed by atoms with Gasteiger partial charge in [-0.3, -0.25) is 9.59 Å². The smallest absolute Gasteiger partial charge is 0.329 e. The Morgan fingerprint density at radius 2 is 1.81 bits per heavy atom. The Balaban J connectivity index is 1.95. The minimum absolute atomic E-state index is 0.191. The Morgan fingerprint density at radius 3 is 2.41 bits per heavy atom. The third-order valence-electron chi connectivity index (χ3n) is 4.43. The first-order chi connectivity index (χ1) is 12.8. The molecule has 0 unspecified atom stereocenters. The van der Waals surface area contributed by atoms with Crippen molar-refractivity contribution in [2.75, 3.05) is 19.7 Å². The number of carbonyl (C=O) groups is 3. The second kappa shape index (κ2) is 9.95. The van der Waals surface area contributed by atoms with Gasteiger partial charge in [-0.2, -0.15) is 0 Å². The van der Waals surface area contributed by atoms with Gasteiger partial charge < -0.3 is 15.0 Å². The standard InChI is InChI=1S/C19H24Cl2N2O4/c1-12(2)17(22-18(25)14-7-6-13(20)10-15(14)21)19(26)27-11-16(24)23-8-4-3-5-9-23/h6-7,10,12,17H,3-5,8-9,11H2,1-2H3,(H,22,25)/t17-/m0/s1. The maximum Gasteiger partial charge on any atom is 0.329 e. The van der Waals surface area contributed by atoms with Crippen LogP contribution in [0.3, 0.4) is 0 Å². The van der Waals surface area contributed by atoms with Crippen molar-refractivity contribution >= 4 is 41.0 Å². The summed E-state index contributed by atoms with van der Waals surface area (Å²) in [6, 6.07) is 3.60. The number of nitrogens with one attached hydrogen (secondary N) is 1. The van der Waals surface area contributed by atoms with Crippen molar-refractivity contribution in [2.24, 2.45) is 5.92 Å². The topological polar surface area (TPSA) is 75.7 Å². The highest BCUT2D eigenvalue weighted by atomic mass is 35.5. The van der Waals surface area contributed by atoms with E-state index < -0.39 is 17.9 Å². The molecule has 0 aromatic heterocycles. The minimum atomic E-state index is -0.890. The van der Waals surface area contributed by atoms with Gasteiger partial charge >= 0.3 is 5.97 Å². The van der Waals surface area contributed by atoms with Gasteiger partial charge in [0, 0.05) is 18.1 Å². The summed E-state index contributed by atoms with van der Waals surface area (Å²) in [5.74, 6) is -1.58. The number of likely N-dealkylation sites (tertiary alicyclic amines) is 1. The van der Waals surface area contributed by atoms with Crippen LogP contribution in [0.1, 0.15) is 43.5 Å². The zero-order valence-corrected chi connectivity index (χ0v) is 17.0. The maximum atomic E-state index is 12.5. The summed E-state index contributed by atoms with van der Waals surface area (Å²) < 4.78 is 5.17. The molecule has 1 aromatic carbocycles. The Kier molecular flexibility index (Phi) is 7.92. The summed E-state index contributed by atoms with van der Waals surface area (Å²) in [7, 11) is 0. The number of esters is 1. The third-order valence-corrected chi connectivity index (χ3v) is 4.98. The number of rotatable bonds is 6. The molecule has 1 saturated heterocycles. The Bertz CT molecular complexity index is 703.